The maximum atomic E-state index is 5.66. The van der Waals surface area contributed by atoms with E-state index in [1.807, 2.05) is 6.92 Å². The zero-order valence-electron chi connectivity index (χ0n) is 10.0. The Morgan fingerprint density at radius 3 is 2.75 bits per heavy atom. The molecule has 2 aromatic rings. The average Bonchev–Trinajstić information content (AvgIpc) is 2.56. The van der Waals surface area contributed by atoms with Gasteiger partial charge in [0.15, 0.2) is 0 Å². The lowest BCUT2D eigenvalue weighted by Gasteiger charge is -2.00. The second-order valence-corrected chi connectivity index (χ2v) is 4.36. The van der Waals surface area contributed by atoms with Crippen LogP contribution in [0.25, 0.3) is 11.0 Å². The zero-order chi connectivity index (χ0) is 11.5. The van der Waals surface area contributed by atoms with Crippen LogP contribution in [0.3, 0.4) is 0 Å². The standard InChI is InChI=1S/C14H19NO/c1-10-11(2)16-14-7-6-12(9-13(10)14)5-3-4-8-15/h6-7,9H,3-5,8,15H2,1-2H3. The Morgan fingerprint density at radius 1 is 1.19 bits per heavy atom. The number of rotatable bonds is 4. The van der Waals surface area contributed by atoms with Crippen LogP contribution in [0.1, 0.15) is 29.7 Å². The van der Waals surface area contributed by atoms with Crippen LogP contribution in [-0.2, 0) is 6.42 Å². The topological polar surface area (TPSA) is 39.2 Å². The molecule has 0 spiro atoms. The molecule has 0 fully saturated rings. The van der Waals surface area contributed by atoms with Crippen LogP contribution in [0.4, 0.5) is 0 Å². The first-order valence-corrected chi connectivity index (χ1v) is 5.91. The Labute approximate surface area is 96.4 Å². The summed E-state index contributed by atoms with van der Waals surface area (Å²) >= 11 is 0. The monoisotopic (exact) mass is 217 g/mol. The second-order valence-electron chi connectivity index (χ2n) is 4.36. The lowest BCUT2D eigenvalue weighted by atomic mass is 10.0. The molecule has 1 aromatic heterocycles. The minimum Gasteiger partial charge on any atom is -0.461 e. The first-order chi connectivity index (χ1) is 7.72. The molecule has 0 atom stereocenters. The van der Waals surface area contributed by atoms with Gasteiger partial charge in [0.2, 0.25) is 0 Å². The first-order valence-electron chi connectivity index (χ1n) is 5.91. The summed E-state index contributed by atoms with van der Waals surface area (Å²) < 4.78 is 5.66. The van der Waals surface area contributed by atoms with Gasteiger partial charge >= 0.3 is 0 Å². The van der Waals surface area contributed by atoms with Crippen molar-refractivity contribution in [3.8, 4) is 0 Å². The molecule has 2 heteroatoms. The number of furan rings is 1. The van der Waals surface area contributed by atoms with Crippen LogP contribution >= 0.6 is 0 Å². The number of hydrogen-bond donors (Lipinski definition) is 1. The third-order valence-corrected chi connectivity index (χ3v) is 3.16. The number of nitrogens with two attached hydrogens (primary N) is 1. The van der Waals surface area contributed by atoms with Gasteiger partial charge in [0, 0.05) is 5.39 Å². The number of unbranched alkanes of at least 4 members (excludes halogenated alkanes) is 1. The van der Waals surface area contributed by atoms with E-state index in [1.165, 1.54) is 16.5 Å². The third kappa shape index (κ3) is 2.12. The lowest BCUT2D eigenvalue weighted by molar-refractivity contribution is 0.575. The predicted molar refractivity (Wildman–Crippen MR) is 67.7 cm³/mol. The van der Waals surface area contributed by atoms with Gasteiger partial charge in [-0.05, 0) is 62.9 Å². The summed E-state index contributed by atoms with van der Waals surface area (Å²) in [4.78, 5) is 0. The molecule has 0 aliphatic carbocycles. The Bertz CT molecular complexity index is 485. The Kier molecular flexibility index (Phi) is 3.30. The predicted octanol–water partition coefficient (Wildman–Crippen LogP) is 3.33. The van der Waals surface area contributed by atoms with E-state index in [0.717, 1.165) is 37.2 Å². The molecule has 1 heterocycles. The highest BCUT2D eigenvalue weighted by molar-refractivity contribution is 5.82. The molecular weight excluding hydrogens is 198 g/mol. The van der Waals surface area contributed by atoms with E-state index in [4.69, 9.17) is 10.2 Å². The van der Waals surface area contributed by atoms with Crippen molar-refractivity contribution in [2.24, 2.45) is 5.73 Å². The summed E-state index contributed by atoms with van der Waals surface area (Å²) in [5.74, 6) is 1.02. The van der Waals surface area contributed by atoms with E-state index in [-0.39, 0.29) is 0 Å². The summed E-state index contributed by atoms with van der Waals surface area (Å²) in [5, 5.41) is 1.25. The fraction of sp³-hybridized carbons (Fsp3) is 0.429. The zero-order valence-corrected chi connectivity index (χ0v) is 10.0. The minimum atomic E-state index is 0.784. The fourth-order valence-electron chi connectivity index (χ4n) is 2.02. The summed E-state index contributed by atoms with van der Waals surface area (Å²) in [7, 11) is 0. The molecule has 0 unspecified atom stereocenters. The van der Waals surface area contributed by atoms with Crippen LogP contribution in [0.15, 0.2) is 22.6 Å². The van der Waals surface area contributed by atoms with Crippen molar-refractivity contribution in [1.82, 2.24) is 0 Å². The molecule has 2 rings (SSSR count). The van der Waals surface area contributed by atoms with E-state index in [1.54, 1.807) is 0 Å². The first kappa shape index (κ1) is 11.2. The van der Waals surface area contributed by atoms with Gasteiger partial charge in [-0.1, -0.05) is 6.07 Å². The average molecular weight is 217 g/mol. The minimum absolute atomic E-state index is 0.784. The van der Waals surface area contributed by atoms with E-state index in [9.17, 15) is 0 Å². The van der Waals surface area contributed by atoms with Crippen molar-refractivity contribution in [3.63, 3.8) is 0 Å². The van der Waals surface area contributed by atoms with Crippen molar-refractivity contribution < 1.29 is 4.42 Å². The lowest BCUT2D eigenvalue weighted by Crippen LogP contribution is -1.98. The Morgan fingerprint density at radius 2 is 2.00 bits per heavy atom. The van der Waals surface area contributed by atoms with Crippen LogP contribution in [0, 0.1) is 13.8 Å². The molecule has 0 aliphatic heterocycles. The summed E-state index contributed by atoms with van der Waals surface area (Å²) in [6, 6.07) is 6.48. The van der Waals surface area contributed by atoms with Crippen molar-refractivity contribution >= 4 is 11.0 Å². The fourth-order valence-corrected chi connectivity index (χ4v) is 2.02. The largest absolute Gasteiger partial charge is 0.461 e. The number of fused-ring (bicyclic) bond motifs is 1. The molecule has 0 radical (unpaired) electrons. The second kappa shape index (κ2) is 4.71. The van der Waals surface area contributed by atoms with Crippen molar-refractivity contribution in [2.45, 2.75) is 33.1 Å². The van der Waals surface area contributed by atoms with E-state index >= 15 is 0 Å². The highest BCUT2D eigenvalue weighted by Gasteiger charge is 2.06. The van der Waals surface area contributed by atoms with Gasteiger partial charge in [-0.3, -0.25) is 0 Å². The number of aryl methyl sites for hydroxylation is 3. The molecule has 0 saturated heterocycles. The smallest absolute Gasteiger partial charge is 0.134 e. The van der Waals surface area contributed by atoms with Crippen LogP contribution in [-0.4, -0.2) is 6.54 Å². The quantitative estimate of drug-likeness (QED) is 0.798. The van der Waals surface area contributed by atoms with Gasteiger partial charge < -0.3 is 10.2 Å². The van der Waals surface area contributed by atoms with E-state index in [2.05, 4.69) is 25.1 Å². The molecule has 1 aromatic carbocycles. The van der Waals surface area contributed by atoms with Gasteiger partial charge in [0.25, 0.3) is 0 Å². The molecular formula is C14H19NO. The van der Waals surface area contributed by atoms with Crippen LogP contribution in [0.2, 0.25) is 0 Å². The Hall–Kier alpha value is -1.28. The molecule has 2 nitrogen and oxygen atoms in total. The van der Waals surface area contributed by atoms with E-state index < -0.39 is 0 Å². The van der Waals surface area contributed by atoms with E-state index in [0.29, 0.717) is 0 Å². The molecule has 16 heavy (non-hydrogen) atoms. The molecule has 0 amide bonds. The SMILES string of the molecule is Cc1oc2ccc(CCCCN)cc2c1C. The van der Waals surface area contributed by atoms with Crippen molar-refractivity contribution in [1.29, 1.82) is 0 Å². The Balaban J connectivity index is 2.25. The van der Waals surface area contributed by atoms with Crippen LogP contribution in [0.5, 0.6) is 0 Å². The summed E-state index contributed by atoms with van der Waals surface area (Å²) in [5.41, 5.74) is 9.13. The number of benzene rings is 1. The molecule has 0 saturated carbocycles. The maximum absolute atomic E-state index is 5.66. The van der Waals surface area contributed by atoms with Gasteiger partial charge in [0.05, 0.1) is 0 Å². The molecule has 0 aliphatic rings. The molecule has 2 N–H and O–H groups in total. The van der Waals surface area contributed by atoms with Crippen molar-refractivity contribution in [3.05, 3.63) is 35.1 Å². The summed E-state index contributed by atoms with van der Waals surface area (Å²) in [6.07, 6.45) is 3.37. The molecule has 86 valence electrons. The summed E-state index contributed by atoms with van der Waals surface area (Å²) in [6.45, 7) is 4.92. The normalized spacial score (nSPS) is 11.2. The van der Waals surface area contributed by atoms with Gasteiger partial charge in [-0.25, -0.2) is 0 Å². The highest BCUT2D eigenvalue weighted by Crippen LogP contribution is 2.25. The van der Waals surface area contributed by atoms with Crippen LogP contribution < -0.4 is 5.73 Å². The maximum Gasteiger partial charge on any atom is 0.134 e. The van der Waals surface area contributed by atoms with Gasteiger partial charge in [-0.15, -0.1) is 0 Å². The third-order valence-electron chi connectivity index (χ3n) is 3.16. The van der Waals surface area contributed by atoms with Crippen molar-refractivity contribution in [2.75, 3.05) is 6.54 Å². The molecule has 0 bridgehead atoms. The van der Waals surface area contributed by atoms with Gasteiger partial charge in [0.1, 0.15) is 11.3 Å². The number of hydrogen-bond acceptors (Lipinski definition) is 2. The van der Waals surface area contributed by atoms with Gasteiger partial charge in [-0.2, -0.15) is 0 Å². The highest BCUT2D eigenvalue weighted by atomic mass is 16.3.